The zero-order chi connectivity index (χ0) is 21.4. The van der Waals surface area contributed by atoms with E-state index < -0.39 is 15.8 Å². The minimum Gasteiger partial charge on any atom is -0.311 e. The molecule has 3 rings (SSSR count). The summed E-state index contributed by atoms with van der Waals surface area (Å²) >= 11 is 0. The van der Waals surface area contributed by atoms with Gasteiger partial charge in [-0.05, 0) is 52.7 Å². The lowest BCUT2D eigenvalue weighted by atomic mass is 9.97. The Morgan fingerprint density at radius 3 is 2.41 bits per heavy atom. The van der Waals surface area contributed by atoms with Gasteiger partial charge in [-0.25, -0.2) is 17.5 Å². The molecule has 2 aromatic rings. The van der Waals surface area contributed by atoms with E-state index >= 15 is 0 Å². The van der Waals surface area contributed by atoms with Crippen LogP contribution >= 0.6 is 0 Å². The second-order valence-electron chi connectivity index (χ2n) is 8.35. The van der Waals surface area contributed by atoms with E-state index in [2.05, 4.69) is 10.4 Å². The molecule has 158 valence electrons. The van der Waals surface area contributed by atoms with Crippen molar-refractivity contribution in [2.24, 2.45) is 5.92 Å². The third-order valence-electron chi connectivity index (χ3n) is 5.00. The first kappa shape index (κ1) is 21.4. The summed E-state index contributed by atoms with van der Waals surface area (Å²) in [5.74, 6) is -0.608. The molecule has 1 aromatic heterocycles. The minimum absolute atomic E-state index is 0.154. The molecule has 0 saturated carbocycles. The molecule has 29 heavy (non-hydrogen) atoms. The molecule has 0 radical (unpaired) electrons. The van der Waals surface area contributed by atoms with Crippen LogP contribution in [0.5, 0.6) is 0 Å². The zero-order valence-corrected chi connectivity index (χ0v) is 18.0. The zero-order valence-electron chi connectivity index (χ0n) is 17.1. The number of rotatable bonds is 4. The van der Waals surface area contributed by atoms with Crippen LogP contribution in [-0.2, 0) is 20.4 Å². The van der Waals surface area contributed by atoms with Crippen LogP contribution in [0.25, 0.3) is 0 Å². The molecule has 0 aliphatic carbocycles. The topological polar surface area (TPSA) is 84.3 Å². The van der Waals surface area contributed by atoms with Gasteiger partial charge in [-0.3, -0.25) is 4.79 Å². The lowest BCUT2D eigenvalue weighted by Crippen LogP contribution is -2.42. The van der Waals surface area contributed by atoms with Crippen molar-refractivity contribution >= 4 is 21.7 Å². The molecule has 1 aliphatic rings. The lowest BCUT2D eigenvalue weighted by Gasteiger charge is -2.31. The SMILES string of the molecule is Cc1cc(NC(=O)C2CCN(S(=O)(=O)c3ccccc3F)CC2)n(C(C)(C)C)n1. The summed E-state index contributed by atoms with van der Waals surface area (Å²) in [6, 6.07) is 7.17. The molecule has 0 unspecified atom stereocenters. The fourth-order valence-corrected chi connectivity index (χ4v) is 5.01. The Balaban J connectivity index is 1.67. The predicted octanol–water partition coefficient (Wildman–Crippen LogP) is 3.13. The van der Waals surface area contributed by atoms with Gasteiger partial charge in [0.15, 0.2) is 0 Å². The maximum absolute atomic E-state index is 13.9. The summed E-state index contributed by atoms with van der Waals surface area (Å²) in [7, 11) is -3.91. The van der Waals surface area contributed by atoms with Gasteiger partial charge in [0.1, 0.15) is 16.5 Å². The highest BCUT2D eigenvalue weighted by Gasteiger charge is 2.34. The summed E-state index contributed by atoms with van der Waals surface area (Å²) in [5, 5.41) is 7.38. The van der Waals surface area contributed by atoms with Crippen molar-refractivity contribution in [1.82, 2.24) is 14.1 Å². The van der Waals surface area contributed by atoms with Crippen molar-refractivity contribution in [1.29, 1.82) is 0 Å². The van der Waals surface area contributed by atoms with Crippen LogP contribution < -0.4 is 5.32 Å². The first-order chi connectivity index (χ1) is 13.5. The van der Waals surface area contributed by atoms with Crippen LogP contribution in [0, 0.1) is 18.7 Å². The van der Waals surface area contributed by atoms with Gasteiger partial charge in [-0.1, -0.05) is 12.1 Å². The molecule has 1 amide bonds. The van der Waals surface area contributed by atoms with Gasteiger partial charge >= 0.3 is 0 Å². The van der Waals surface area contributed by atoms with Crippen molar-refractivity contribution in [3.63, 3.8) is 0 Å². The number of piperidine rings is 1. The first-order valence-electron chi connectivity index (χ1n) is 9.63. The summed E-state index contributed by atoms with van der Waals surface area (Å²) in [5.41, 5.74) is 0.523. The highest BCUT2D eigenvalue weighted by Crippen LogP contribution is 2.27. The molecule has 1 fully saturated rings. The van der Waals surface area contributed by atoms with Gasteiger partial charge in [-0.2, -0.15) is 9.40 Å². The van der Waals surface area contributed by atoms with E-state index in [0.29, 0.717) is 18.7 Å². The Kier molecular flexibility index (Phi) is 5.82. The highest BCUT2D eigenvalue weighted by molar-refractivity contribution is 7.89. The fraction of sp³-hybridized carbons (Fsp3) is 0.500. The molecule has 0 bridgehead atoms. The predicted molar refractivity (Wildman–Crippen MR) is 108 cm³/mol. The Hall–Kier alpha value is -2.26. The minimum atomic E-state index is -3.91. The smallest absolute Gasteiger partial charge is 0.245 e. The molecule has 0 spiro atoms. The largest absolute Gasteiger partial charge is 0.311 e. The fourth-order valence-electron chi connectivity index (χ4n) is 3.48. The van der Waals surface area contributed by atoms with Gasteiger partial charge in [0.2, 0.25) is 15.9 Å². The third-order valence-corrected chi connectivity index (χ3v) is 6.93. The second kappa shape index (κ2) is 7.87. The number of nitrogens with one attached hydrogen (secondary N) is 1. The van der Waals surface area contributed by atoms with E-state index in [-0.39, 0.29) is 35.3 Å². The quantitative estimate of drug-likeness (QED) is 0.820. The number of halogens is 1. The molecule has 1 saturated heterocycles. The molecule has 0 atom stereocenters. The molecule has 2 heterocycles. The second-order valence-corrected chi connectivity index (χ2v) is 10.3. The Bertz CT molecular complexity index is 1000. The summed E-state index contributed by atoms with van der Waals surface area (Å²) in [6.45, 7) is 8.21. The van der Waals surface area contributed by atoms with Crippen LogP contribution in [0.3, 0.4) is 0 Å². The number of aromatic nitrogens is 2. The van der Waals surface area contributed by atoms with Crippen molar-refractivity contribution in [3.05, 3.63) is 41.8 Å². The summed E-state index contributed by atoms with van der Waals surface area (Å²) in [6.07, 6.45) is 0.754. The molecular formula is C20H27FN4O3S. The van der Waals surface area contributed by atoms with E-state index in [4.69, 9.17) is 0 Å². The van der Waals surface area contributed by atoms with Gasteiger partial charge < -0.3 is 5.32 Å². The van der Waals surface area contributed by atoms with Gasteiger partial charge in [0, 0.05) is 25.1 Å². The van der Waals surface area contributed by atoms with Crippen LogP contribution in [-0.4, -0.2) is 41.5 Å². The molecule has 9 heteroatoms. The van der Waals surface area contributed by atoms with E-state index in [1.807, 2.05) is 33.8 Å². The number of sulfonamides is 1. The Morgan fingerprint density at radius 1 is 1.21 bits per heavy atom. The molecule has 1 aliphatic heterocycles. The van der Waals surface area contributed by atoms with E-state index in [1.165, 1.54) is 22.5 Å². The van der Waals surface area contributed by atoms with Crippen LogP contribution in [0.15, 0.2) is 35.2 Å². The summed E-state index contributed by atoms with van der Waals surface area (Å²) < 4.78 is 42.4. The number of hydrogen-bond donors (Lipinski definition) is 1. The third kappa shape index (κ3) is 4.51. The molecule has 7 nitrogen and oxygen atoms in total. The number of nitrogens with zero attached hydrogens (tertiary/aromatic N) is 3. The van der Waals surface area contributed by atoms with E-state index in [9.17, 15) is 17.6 Å². The van der Waals surface area contributed by atoms with Crippen LogP contribution in [0.2, 0.25) is 0 Å². The van der Waals surface area contributed by atoms with Gasteiger partial charge in [0.25, 0.3) is 0 Å². The van der Waals surface area contributed by atoms with Crippen LogP contribution in [0.1, 0.15) is 39.3 Å². The number of hydrogen-bond acceptors (Lipinski definition) is 4. The standard InChI is InChI=1S/C20H27FN4O3S/c1-14-13-18(25(23-14)20(2,3)4)22-19(26)15-9-11-24(12-10-15)29(27,28)17-8-6-5-7-16(17)21/h5-8,13,15H,9-12H2,1-4H3,(H,22,26). The molecule has 1 aromatic carbocycles. The highest BCUT2D eigenvalue weighted by atomic mass is 32.2. The lowest BCUT2D eigenvalue weighted by molar-refractivity contribution is -0.121. The monoisotopic (exact) mass is 422 g/mol. The maximum Gasteiger partial charge on any atom is 0.245 e. The average molecular weight is 423 g/mol. The maximum atomic E-state index is 13.9. The van der Waals surface area contributed by atoms with E-state index in [1.54, 1.807) is 4.68 Å². The number of carbonyl (C=O) groups excluding carboxylic acids is 1. The van der Waals surface area contributed by atoms with Gasteiger partial charge in [-0.15, -0.1) is 0 Å². The number of anilines is 1. The molecule has 1 N–H and O–H groups in total. The number of aryl methyl sites for hydroxylation is 1. The van der Waals surface area contributed by atoms with Gasteiger partial charge in [0.05, 0.1) is 11.2 Å². The number of carbonyl (C=O) groups is 1. The van der Waals surface area contributed by atoms with Crippen molar-refractivity contribution in [2.45, 2.75) is 51.0 Å². The molecular weight excluding hydrogens is 395 g/mol. The number of amides is 1. The first-order valence-corrected chi connectivity index (χ1v) is 11.1. The Morgan fingerprint density at radius 2 is 1.83 bits per heavy atom. The Labute approximate surface area is 171 Å². The summed E-state index contributed by atoms with van der Waals surface area (Å²) in [4.78, 5) is 12.4. The van der Waals surface area contributed by atoms with Crippen molar-refractivity contribution in [3.8, 4) is 0 Å². The van der Waals surface area contributed by atoms with Crippen molar-refractivity contribution < 1.29 is 17.6 Å². The normalized spacial score (nSPS) is 16.7. The van der Waals surface area contributed by atoms with Crippen molar-refractivity contribution in [2.75, 3.05) is 18.4 Å². The van der Waals surface area contributed by atoms with Crippen LogP contribution in [0.4, 0.5) is 10.2 Å². The van der Waals surface area contributed by atoms with E-state index in [0.717, 1.165) is 11.8 Å². The number of benzene rings is 1. The average Bonchev–Trinajstić information content (AvgIpc) is 3.02.